The lowest BCUT2D eigenvalue weighted by Crippen LogP contribution is -2.02. The Bertz CT molecular complexity index is 545. The highest BCUT2D eigenvalue weighted by Crippen LogP contribution is 2.25. The summed E-state index contributed by atoms with van der Waals surface area (Å²) in [4.78, 5) is 0. The number of aryl methyl sites for hydroxylation is 1. The molecule has 0 fully saturated rings. The van der Waals surface area contributed by atoms with Crippen molar-refractivity contribution in [3.63, 3.8) is 0 Å². The monoisotopic (exact) mass is 236 g/mol. The van der Waals surface area contributed by atoms with E-state index < -0.39 is 0 Å². The average Bonchev–Trinajstić information content (AvgIpc) is 2.46. The van der Waals surface area contributed by atoms with Crippen LogP contribution in [0.15, 0.2) is 54.6 Å². The maximum Gasteiger partial charge on any atom is -0.0152 e. The summed E-state index contributed by atoms with van der Waals surface area (Å²) in [6.07, 6.45) is 11.3. The second-order valence-corrected chi connectivity index (χ2v) is 5.30. The molecule has 0 radical (unpaired) electrons. The van der Waals surface area contributed by atoms with E-state index in [4.69, 9.17) is 0 Å². The molecular weight excluding hydrogens is 216 g/mol. The molecule has 3 rings (SSSR count). The van der Waals surface area contributed by atoms with Gasteiger partial charge >= 0.3 is 0 Å². The highest BCUT2D eigenvalue weighted by molar-refractivity contribution is 5.85. The lowest BCUT2D eigenvalue weighted by Gasteiger charge is -2.16. The van der Waals surface area contributed by atoms with E-state index >= 15 is 0 Å². The first-order valence-electron chi connectivity index (χ1n) is 7.07. The molecule has 92 valence electrons. The zero-order chi connectivity index (χ0) is 12.2. The lowest BCUT2D eigenvalue weighted by molar-refractivity contribution is 0.506. The van der Waals surface area contributed by atoms with Gasteiger partial charge in [0.25, 0.3) is 0 Å². The molecule has 18 heavy (non-hydrogen) atoms. The molecule has 2 aromatic carbocycles. The van der Waals surface area contributed by atoms with Crippen LogP contribution >= 0.6 is 0 Å². The first-order chi connectivity index (χ1) is 8.93. The second kappa shape index (κ2) is 5.39. The van der Waals surface area contributed by atoms with Gasteiger partial charge in [-0.3, -0.25) is 0 Å². The summed E-state index contributed by atoms with van der Waals surface area (Å²) in [5.74, 6) is 0.803. The average molecular weight is 236 g/mol. The van der Waals surface area contributed by atoms with Gasteiger partial charge in [-0.05, 0) is 54.4 Å². The lowest BCUT2D eigenvalue weighted by atomic mass is 9.89. The number of benzene rings is 2. The Kier molecular flexibility index (Phi) is 3.45. The maximum absolute atomic E-state index is 2.43. The first-order valence-corrected chi connectivity index (χ1v) is 7.07. The molecule has 0 bridgehead atoms. The standard InChI is InChI=1S/C18H20/c1-2-7-15(8-3-1)13-14-17-11-6-10-16-9-4-5-12-18(16)17/h2,4-7,9-12,15H,1,3,8,13-14H2. The van der Waals surface area contributed by atoms with E-state index in [1.165, 1.54) is 48.4 Å². The van der Waals surface area contributed by atoms with Crippen molar-refractivity contribution in [2.75, 3.05) is 0 Å². The number of fused-ring (bicyclic) bond motifs is 1. The Morgan fingerprint density at radius 1 is 1.00 bits per heavy atom. The molecule has 0 nitrogen and oxygen atoms in total. The van der Waals surface area contributed by atoms with Crippen LogP contribution in [0.5, 0.6) is 0 Å². The fourth-order valence-corrected chi connectivity index (χ4v) is 2.97. The van der Waals surface area contributed by atoms with E-state index in [0.717, 1.165) is 5.92 Å². The Morgan fingerprint density at radius 3 is 2.78 bits per heavy atom. The summed E-state index contributed by atoms with van der Waals surface area (Å²) in [6.45, 7) is 0. The molecule has 0 saturated heterocycles. The van der Waals surface area contributed by atoms with Crippen LogP contribution in [0.3, 0.4) is 0 Å². The largest absolute Gasteiger partial charge is 0.0883 e. The smallest absolute Gasteiger partial charge is 0.0152 e. The third-order valence-electron chi connectivity index (χ3n) is 4.02. The molecule has 1 atom stereocenters. The van der Waals surface area contributed by atoms with E-state index in [9.17, 15) is 0 Å². The van der Waals surface area contributed by atoms with Crippen molar-refractivity contribution in [2.24, 2.45) is 5.92 Å². The van der Waals surface area contributed by atoms with Gasteiger partial charge in [0, 0.05) is 0 Å². The molecule has 0 aliphatic heterocycles. The quantitative estimate of drug-likeness (QED) is 0.648. The predicted molar refractivity (Wildman–Crippen MR) is 78.8 cm³/mol. The van der Waals surface area contributed by atoms with Crippen LogP contribution in [0.2, 0.25) is 0 Å². The fourth-order valence-electron chi connectivity index (χ4n) is 2.97. The van der Waals surface area contributed by atoms with Crippen LogP contribution in [0.1, 0.15) is 31.2 Å². The Labute approximate surface area is 109 Å². The van der Waals surface area contributed by atoms with Gasteiger partial charge < -0.3 is 0 Å². The van der Waals surface area contributed by atoms with Gasteiger partial charge in [-0.25, -0.2) is 0 Å². The second-order valence-electron chi connectivity index (χ2n) is 5.30. The van der Waals surface area contributed by atoms with E-state index in [1.54, 1.807) is 0 Å². The van der Waals surface area contributed by atoms with Crippen LogP contribution in [0.4, 0.5) is 0 Å². The summed E-state index contributed by atoms with van der Waals surface area (Å²) < 4.78 is 0. The zero-order valence-electron chi connectivity index (χ0n) is 10.8. The molecule has 1 unspecified atom stereocenters. The number of hydrogen-bond donors (Lipinski definition) is 0. The van der Waals surface area contributed by atoms with Gasteiger partial charge in [-0.2, -0.15) is 0 Å². The van der Waals surface area contributed by atoms with Crippen molar-refractivity contribution in [2.45, 2.75) is 32.1 Å². The molecule has 0 saturated carbocycles. The van der Waals surface area contributed by atoms with E-state index in [2.05, 4.69) is 54.6 Å². The minimum absolute atomic E-state index is 0.803. The molecule has 0 amide bonds. The Balaban J connectivity index is 1.78. The molecule has 0 spiro atoms. The molecule has 1 aliphatic rings. The summed E-state index contributed by atoms with van der Waals surface area (Å²) in [6, 6.07) is 15.4. The molecule has 0 aromatic heterocycles. The predicted octanol–water partition coefficient (Wildman–Crippen LogP) is 5.13. The summed E-state index contributed by atoms with van der Waals surface area (Å²) in [5.41, 5.74) is 1.51. The summed E-state index contributed by atoms with van der Waals surface area (Å²) >= 11 is 0. The third-order valence-corrected chi connectivity index (χ3v) is 4.02. The van der Waals surface area contributed by atoms with Crippen molar-refractivity contribution < 1.29 is 0 Å². The molecular formula is C18H20. The maximum atomic E-state index is 2.43. The van der Waals surface area contributed by atoms with Gasteiger partial charge in [0.2, 0.25) is 0 Å². The SMILES string of the molecule is C1=CC(CCc2cccc3ccccc23)CCC1. The summed E-state index contributed by atoms with van der Waals surface area (Å²) in [5, 5.41) is 2.80. The van der Waals surface area contributed by atoms with Crippen LogP contribution in [0, 0.1) is 5.92 Å². The number of hydrogen-bond acceptors (Lipinski definition) is 0. The topological polar surface area (TPSA) is 0 Å². The fraction of sp³-hybridized carbons (Fsp3) is 0.333. The molecule has 2 aromatic rings. The van der Waals surface area contributed by atoms with Crippen LogP contribution in [-0.2, 0) is 6.42 Å². The van der Waals surface area contributed by atoms with E-state index in [0.29, 0.717) is 0 Å². The number of rotatable bonds is 3. The van der Waals surface area contributed by atoms with Gasteiger partial charge in [0.15, 0.2) is 0 Å². The van der Waals surface area contributed by atoms with Crippen molar-refractivity contribution in [3.05, 3.63) is 60.2 Å². The van der Waals surface area contributed by atoms with Crippen molar-refractivity contribution in [1.29, 1.82) is 0 Å². The molecule has 0 heterocycles. The Hall–Kier alpha value is -1.56. The number of allylic oxidation sites excluding steroid dienone is 2. The highest BCUT2D eigenvalue weighted by Gasteiger charge is 2.09. The van der Waals surface area contributed by atoms with Crippen molar-refractivity contribution in [1.82, 2.24) is 0 Å². The van der Waals surface area contributed by atoms with E-state index in [1.807, 2.05) is 0 Å². The van der Waals surface area contributed by atoms with Crippen LogP contribution in [0.25, 0.3) is 10.8 Å². The minimum atomic E-state index is 0.803. The van der Waals surface area contributed by atoms with Gasteiger partial charge in [0.05, 0.1) is 0 Å². The van der Waals surface area contributed by atoms with Gasteiger partial charge in [-0.1, -0.05) is 54.6 Å². The van der Waals surface area contributed by atoms with Gasteiger partial charge in [-0.15, -0.1) is 0 Å². The van der Waals surface area contributed by atoms with Crippen LogP contribution < -0.4 is 0 Å². The van der Waals surface area contributed by atoms with Gasteiger partial charge in [0.1, 0.15) is 0 Å². The highest BCUT2D eigenvalue weighted by atomic mass is 14.1. The van der Waals surface area contributed by atoms with Crippen LogP contribution in [-0.4, -0.2) is 0 Å². The summed E-state index contributed by atoms with van der Waals surface area (Å²) in [7, 11) is 0. The Morgan fingerprint density at radius 2 is 1.89 bits per heavy atom. The zero-order valence-corrected chi connectivity index (χ0v) is 10.8. The normalized spacial score (nSPS) is 19.2. The molecule has 0 heteroatoms. The minimum Gasteiger partial charge on any atom is -0.0883 e. The van der Waals surface area contributed by atoms with Crippen molar-refractivity contribution >= 4 is 10.8 Å². The molecule has 1 aliphatic carbocycles. The first kappa shape index (κ1) is 11.5. The van der Waals surface area contributed by atoms with Crippen molar-refractivity contribution in [3.8, 4) is 0 Å². The van der Waals surface area contributed by atoms with E-state index in [-0.39, 0.29) is 0 Å². The molecule has 0 N–H and O–H groups in total. The third kappa shape index (κ3) is 2.48.